The summed E-state index contributed by atoms with van der Waals surface area (Å²) in [6.45, 7) is 8.46. The van der Waals surface area contributed by atoms with Crippen molar-refractivity contribution >= 4 is 5.97 Å². The molecule has 2 aliphatic rings. The summed E-state index contributed by atoms with van der Waals surface area (Å²) in [6.07, 6.45) is 5.32. The van der Waals surface area contributed by atoms with Crippen molar-refractivity contribution < 1.29 is 15.1 Å². The number of fused-ring (bicyclic) bond motifs is 1. The van der Waals surface area contributed by atoms with Gasteiger partial charge in [0.05, 0.1) is 5.92 Å². The number of carbonyl (C=O) groups is 1. The molecule has 0 saturated heterocycles. The van der Waals surface area contributed by atoms with E-state index < -0.39 is 11.9 Å². The van der Waals surface area contributed by atoms with Crippen molar-refractivity contribution in [2.24, 2.45) is 28.6 Å². The van der Waals surface area contributed by atoms with Crippen LogP contribution < -0.4 is 5.48 Å². The minimum atomic E-state index is -0.746. The summed E-state index contributed by atoms with van der Waals surface area (Å²) in [5.41, 5.74) is 3.03. The Labute approximate surface area is 121 Å². The van der Waals surface area contributed by atoms with Crippen molar-refractivity contribution in [1.29, 1.82) is 0 Å². The van der Waals surface area contributed by atoms with E-state index in [-0.39, 0.29) is 16.7 Å². The van der Waals surface area contributed by atoms with Gasteiger partial charge in [-0.1, -0.05) is 39.3 Å². The first-order valence-corrected chi connectivity index (χ1v) is 7.55. The van der Waals surface area contributed by atoms with Gasteiger partial charge in [-0.05, 0) is 36.5 Å². The molecule has 114 valence electrons. The molecule has 4 atom stereocenters. The van der Waals surface area contributed by atoms with Crippen molar-refractivity contribution in [1.82, 2.24) is 5.48 Å². The van der Waals surface area contributed by atoms with Gasteiger partial charge in [0.1, 0.15) is 0 Å². The number of aliphatic carboxylic acids is 1. The van der Waals surface area contributed by atoms with E-state index in [2.05, 4.69) is 18.5 Å². The van der Waals surface area contributed by atoms with Crippen LogP contribution in [0, 0.1) is 28.6 Å². The molecule has 0 amide bonds. The Morgan fingerprint density at radius 1 is 1.55 bits per heavy atom. The maximum Gasteiger partial charge on any atom is 0.307 e. The number of nitrogens with one attached hydrogen (secondary N) is 1. The Balaban J connectivity index is 2.36. The average molecular weight is 281 g/mol. The fourth-order valence-corrected chi connectivity index (χ4v) is 4.71. The first kappa shape index (κ1) is 15.5. The molecule has 4 nitrogen and oxygen atoms in total. The van der Waals surface area contributed by atoms with E-state index in [0.29, 0.717) is 12.5 Å². The van der Waals surface area contributed by atoms with Crippen LogP contribution in [0.5, 0.6) is 0 Å². The second-order valence-corrected chi connectivity index (χ2v) is 7.58. The highest BCUT2D eigenvalue weighted by atomic mass is 16.5. The third-order valence-electron chi connectivity index (χ3n) is 5.30. The molecule has 1 fully saturated rings. The first-order chi connectivity index (χ1) is 9.26. The molecule has 2 aliphatic carbocycles. The normalized spacial score (nSPS) is 34.1. The number of allylic oxidation sites excluding steroid dienone is 2. The molecule has 0 aliphatic heterocycles. The molecule has 0 heterocycles. The predicted molar refractivity (Wildman–Crippen MR) is 77.4 cm³/mol. The second-order valence-electron chi connectivity index (χ2n) is 7.58. The fourth-order valence-electron chi connectivity index (χ4n) is 4.71. The standard InChI is InChI=1S/C16H27NO3/c1-5-10-6-11-8-16(9-17-20,12(11)7-10)13(14(18)19)15(2,3)4/h7,11-13,17,20H,5-6,8-9H2,1-4H3,(H,18,19)/t11-,12+,13?,16+/m1/s1. The van der Waals surface area contributed by atoms with Crippen LogP contribution >= 0.6 is 0 Å². The largest absolute Gasteiger partial charge is 0.481 e. The van der Waals surface area contributed by atoms with Crippen LogP contribution in [0.25, 0.3) is 0 Å². The number of hydrogen-bond acceptors (Lipinski definition) is 3. The summed E-state index contributed by atoms with van der Waals surface area (Å²) < 4.78 is 0. The average Bonchev–Trinajstić information content (AvgIpc) is 2.64. The van der Waals surface area contributed by atoms with Crippen LogP contribution in [-0.4, -0.2) is 22.8 Å². The van der Waals surface area contributed by atoms with Gasteiger partial charge in [0, 0.05) is 12.0 Å². The zero-order valence-corrected chi connectivity index (χ0v) is 12.9. The minimum Gasteiger partial charge on any atom is -0.481 e. The van der Waals surface area contributed by atoms with Gasteiger partial charge in [-0.25, -0.2) is 5.48 Å². The van der Waals surface area contributed by atoms with Crippen LogP contribution in [0.1, 0.15) is 47.0 Å². The summed E-state index contributed by atoms with van der Waals surface area (Å²) in [6, 6.07) is 0. The molecule has 0 spiro atoms. The van der Waals surface area contributed by atoms with Gasteiger partial charge in [0.2, 0.25) is 0 Å². The second kappa shape index (κ2) is 5.15. The van der Waals surface area contributed by atoms with Gasteiger partial charge in [-0.3, -0.25) is 4.79 Å². The summed E-state index contributed by atoms with van der Waals surface area (Å²) >= 11 is 0. The smallest absolute Gasteiger partial charge is 0.307 e. The highest BCUT2D eigenvalue weighted by molar-refractivity contribution is 5.72. The Morgan fingerprint density at radius 2 is 2.20 bits per heavy atom. The Bertz CT molecular complexity index is 424. The molecular formula is C16H27NO3. The van der Waals surface area contributed by atoms with Crippen molar-refractivity contribution in [3.8, 4) is 0 Å². The van der Waals surface area contributed by atoms with E-state index in [1.165, 1.54) is 5.57 Å². The maximum atomic E-state index is 11.9. The third kappa shape index (κ3) is 2.29. The lowest BCUT2D eigenvalue weighted by atomic mass is 9.46. The lowest BCUT2D eigenvalue weighted by Gasteiger charge is -2.58. The predicted octanol–water partition coefficient (Wildman–Crippen LogP) is 3.07. The molecule has 0 aromatic carbocycles. The Morgan fingerprint density at radius 3 is 2.65 bits per heavy atom. The van der Waals surface area contributed by atoms with Crippen molar-refractivity contribution in [3.63, 3.8) is 0 Å². The van der Waals surface area contributed by atoms with Crippen LogP contribution in [0.3, 0.4) is 0 Å². The molecule has 3 N–H and O–H groups in total. The van der Waals surface area contributed by atoms with Crippen LogP contribution in [0.4, 0.5) is 0 Å². The van der Waals surface area contributed by atoms with E-state index in [9.17, 15) is 15.1 Å². The number of carboxylic acid groups (broad SMARTS) is 1. The summed E-state index contributed by atoms with van der Waals surface area (Å²) in [5.74, 6) is -0.340. The number of hydroxylamine groups is 1. The van der Waals surface area contributed by atoms with Gasteiger partial charge >= 0.3 is 5.97 Å². The third-order valence-corrected chi connectivity index (χ3v) is 5.30. The van der Waals surface area contributed by atoms with Gasteiger partial charge < -0.3 is 10.3 Å². The highest BCUT2D eigenvalue weighted by Gasteiger charge is 2.62. The van der Waals surface area contributed by atoms with Crippen molar-refractivity contribution in [3.05, 3.63) is 11.6 Å². The van der Waals surface area contributed by atoms with Crippen LogP contribution in [0.15, 0.2) is 11.6 Å². The zero-order chi connectivity index (χ0) is 15.1. The topological polar surface area (TPSA) is 69.6 Å². The molecule has 4 heteroatoms. The molecule has 20 heavy (non-hydrogen) atoms. The molecule has 0 radical (unpaired) electrons. The summed E-state index contributed by atoms with van der Waals surface area (Å²) in [7, 11) is 0. The van der Waals surface area contributed by atoms with E-state index in [4.69, 9.17) is 0 Å². The monoisotopic (exact) mass is 281 g/mol. The van der Waals surface area contributed by atoms with Gasteiger partial charge in [0.15, 0.2) is 0 Å². The molecular weight excluding hydrogens is 254 g/mol. The zero-order valence-electron chi connectivity index (χ0n) is 12.9. The molecule has 2 rings (SSSR count). The fraction of sp³-hybridized carbons (Fsp3) is 0.812. The molecule has 0 aromatic heterocycles. The SMILES string of the molecule is CCC1=C[C@H]2[C@H](C1)C[C@@]2(CNO)C(C(=O)O)C(C)(C)C. The lowest BCUT2D eigenvalue weighted by Crippen LogP contribution is -2.60. The van der Waals surface area contributed by atoms with Gasteiger partial charge in [0.25, 0.3) is 0 Å². The summed E-state index contributed by atoms with van der Waals surface area (Å²) in [5, 5.41) is 19.0. The minimum absolute atomic E-state index is 0.289. The van der Waals surface area contributed by atoms with Crippen molar-refractivity contribution in [2.75, 3.05) is 6.54 Å². The van der Waals surface area contributed by atoms with E-state index >= 15 is 0 Å². The highest BCUT2D eigenvalue weighted by Crippen LogP contribution is 2.64. The molecule has 1 saturated carbocycles. The van der Waals surface area contributed by atoms with E-state index in [1.807, 2.05) is 20.8 Å². The molecule has 1 unspecified atom stereocenters. The Kier molecular flexibility index (Phi) is 4.00. The number of carboxylic acids is 1. The molecule has 0 aromatic rings. The van der Waals surface area contributed by atoms with Gasteiger partial charge in [-0.15, -0.1) is 0 Å². The van der Waals surface area contributed by atoms with E-state index in [0.717, 1.165) is 19.3 Å². The molecule has 0 bridgehead atoms. The van der Waals surface area contributed by atoms with Gasteiger partial charge in [-0.2, -0.15) is 0 Å². The number of rotatable bonds is 5. The first-order valence-electron chi connectivity index (χ1n) is 7.55. The van der Waals surface area contributed by atoms with E-state index in [1.54, 1.807) is 0 Å². The lowest BCUT2D eigenvalue weighted by molar-refractivity contribution is -0.169. The summed E-state index contributed by atoms with van der Waals surface area (Å²) in [4.78, 5) is 11.9. The Hall–Kier alpha value is -0.870. The number of hydrogen-bond donors (Lipinski definition) is 3. The van der Waals surface area contributed by atoms with Crippen LogP contribution in [0.2, 0.25) is 0 Å². The van der Waals surface area contributed by atoms with Crippen LogP contribution in [-0.2, 0) is 4.79 Å². The quantitative estimate of drug-likeness (QED) is 0.535. The maximum absolute atomic E-state index is 11.9. The van der Waals surface area contributed by atoms with Crippen molar-refractivity contribution in [2.45, 2.75) is 47.0 Å².